The number of carbonyl (C=O) groups is 1. The molecule has 1 aromatic rings. The first-order chi connectivity index (χ1) is 15.8. The molecule has 10 heteroatoms. The van der Waals surface area contributed by atoms with Gasteiger partial charge in [-0.1, -0.05) is 24.0 Å². The third-order valence-electron chi connectivity index (χ3n) is 5.99. The van der Waals surface area contributed by atoms with Crippen LogP contribution in [0.5, 0.6) is 0 Å². The van der Waals surface area contributed by atoms with Crippen LogP contribution in [0.3, 0.4) is 0 Å². The molecular formula is C23H31N5O3S2. The SMILES string of the molecule is CCOCCCN1C(=O)C(=Cc2c(C)c(C#N)c(=O)n(CC)c2N2CCN(C)CC2)SC1=S. The number of nitrogens with zero attached hydrogens (tertiary/aromatic N) is 5. The van der Waals surface area contributed by atoms with Gasteiger partial charge >= 0.3 is 0 Å². The zero-order chi connectivity index (χ0) is 24.1. The van der Waals surface area contributed by atoms with Crippen molar-refractivity contribution in [2.75, 3.05) is 57.9 Å². The Morgan fingerprint density at radius 3 is 2.52 bits per heavy atom. The molecular weight excluding hydrogens is 458 g/mol. The van der Waals surface area contributed by atoms with E-state index in [1.807, 2.05) is 19.9 Å². The molecule has 2 aliphatic heterocycles. The maximum Gasteiger partial charge on any atom is 0.270 e. The average Bonchev–Trinajstić information content (AvgIpc) is 3.06. The molecule has 3 heterocycles. The lowest BCUT2D eigenvalue weighted by molar-refractivity contribution is -0.122. The minimum absolute atomic E-state index is 0.119. The predicted molar refractivity (Wildman–Crippen MR) is 137 cm³/mol. The first-order valence-corrected chi connectivity index (χ1v) is 12.5. The van der Waals surface area contributed by atoms with Crippen LogP contribution in [0.2, 0.25) is 0 Å². The minimum Gasteiger partial charge on any atom is -0.382 e. The molecule has 0 radical (unpaired) electrons. The number of thiocarbonyl (C=S) groups is 1. The van der Waals surface area contributed by atoms with Gasteiger partial charge < -0.3 is 14.5 Å². The highest BCUT2D eigenvalue weighted by Gasteiger charge is 2.33. The summed E-state index contributed by atoms with van der Waals surface area (Å²) in [6.07, 6.45) is 2.52. The number of thioether (sulfide) groups is 1. The maximum atomic E-state index is 13.2. The summed E-state index contributed by atoms with van der Waals surface area (Å²) in [5.41, 5.74) is 1.18. The number of likely N-dealkylation sites (N-methyl/N-ethyl adjacent to an activating group) is 1. The van der Waals surface area contributed by atoms with Crippen LogP contribution in [-0.4, -0.2) is 77.6 Å². The lowest BCUT2D eigenvalue weighted by Gasteiger charge is -2.36. The number of piperazine rings is 1. The molecule has 33 heavy (non-hydrogen) atoms. The number of hydrogen-bond acceptors (Lipinski definition) is 8. The molecule has 1 aromatic heterocycles. The second kappa shape index (κ2) is 11.3. The Kier molecular flexibility index (Phi) is 8.70. The molecule has 178 valence electrons. The zero-order valence-corrected chi connectivity index (χ0v) is 21.4. The van der Waals surface area contributed by atoms with Gasteiger partial charge in [-0.2, -0.15) is 5.26 Å². The van der Waals surface area contributed by atoms with Crippen LogP contribution in [0.25, 0.3) is 6.08 Å². The number of anilines is 1. The average molecular weight is 490 g/mol. The fraction of sp³-hybridized carbons (Fsp3) is 0.565. The molecule has 2 fully saturated rings. The van der Waals surface area contributed by atoms with Crippen molar-refractivity contribution in [3.63, 3.8) is 0 Å². The van der Waals surface area contributed by atoms with Crippen LogP contribution in [0.15, 0.2) is 9.70 Å². The van der Waals surface area contributed by atoms with Crippen molar-refractivity contribution in [1.82, 2.24) is 14.4 Å². The van der Waals surface area contributed by atoms with Gasteiger partial charge in [-0.15, -0.1) is 0 Å². The van der Waals surface area contributed by atoms with E-state index in [4.69, 9.17) is 17.0 Å². The van der Waals surface area contributed by atoms with E-state index in [0.717, 1.165) is 37.6 Å². The van der Waals surface area contributed by atoms with E-state index in [-0.39, 0.29) is 17.0 Å². The Labute approximate surface area is 204 Å². The monoisotopic (exact) mass is 489 g/mol. The molecule has 0 aliphatic carbocycles. The zero-order valence-electron chi connectivity index (χ0n) is 19.7. The van der Waals surface area contributed by atoms with E-state index in [1.54, 1.807) is 16.4 Å². The maximum absolute atomic E-state index is 13.2. The van der Waals surface area contributed by atoms with Crippen molar-refractivity contribution in [3.05, 3.63) is 31.9 Å². The summed E-state index contributed by atoms with van der Waals surface area (Å²) in [6.45, 7) is 11.1. The van der Waals surface area contributed by atoms with Crippen LogP contribution in [0, 0.1) is 18.3 Å². The summed E-state index contributed by atoms with van der Waals surface area (Å²) in [4.78, 5) is 32.8. The van der Waals surface area contributed by atoms with E-state index in [1.165, 1.54) is 11.8 Å². The van der Waals surface area contributed by atoms with Crippen molar-refractivity contribution in [1.29, 1.82) is 5.26 Å². The van der Waals surface area contributed by atoms with Crippen LogP contribution < -0.4 is 10.5 Å². The van der Waals surface area contributed by atoms with Crippen molar-refractivity contribution in [2.24, 2.45) is 0 Å². The van der Waals surface area contributed by atoms with E-state index in [9.17, 15) is 14.9 Å². The van der Waals surface area contributed by atoms with Crippen LogP contribution >= 0.6 is 24.0 Å². The molecule has 1 amide bonds. The molecule has 0 aromatic carbocycles. The fourth-order valence-electron chi connectivity index (χ4n) is 4.09. The van der Waals surface area contributed by atoms with E-state index in [0.29, 0.717) is 47.5 Å². The summed E-state index contributed by atoms with van der Waals surface area (Å²) in [5, 5.41) is 9.70. The van der Waals surface area contributed by atoms with Crippen LogP contribution in [-0.2, 0) is 16.1 Å². The van der Waals surface area contributed by atoms with Gasteiger partial charge in [-0.25, -0.2) is 0 Å². The van der Waals surface area contributed by atoms with Crippen molar-refractivity contribution >= 4 is 46.1 Å². The minimum atomic E-state index is -0.285. The van der Waals surface area contributed by atoms with E-state index < -0.39 is 0 Å². The smallest absolute Gasteiger partial charge is 0.270 e. The molecule has 8 nitrogen and oxygen atoms in total. The first-order valence-electron chi connectivity index (χ1n) is 11.3. The highest BCUT2D eigenvalue weighted by molar-refractivity contribution is 8.26. The standard InChI is InChI=1S/C23H31N5O3S2/c1-5-27-20(26-11-9-25(4)10-12-26)17(16(3)18(15-24)21(27)29)14-19-22(30)28(23(32)33-19)8-7-13-31-6-2/h14H,5-13H2,1-4H3. The molecule has 3 rings (SSSR count). The van der Waals surface area contributed by atoms with Gasteiger partial charge in [0.25, 0.3) is 11.5 Å². The van der Waals surface area contributed by atoms with Gasteiger partial charge in [-0.3, -0.25) is 19.1 Å². The summed E-state index contributed by atoms with van der Waals surface area (Å²) >= 11 is 6.74. The first kappa shape index (κ1) is 25.4. The Balaban J connectivity index is 2.05. The fourth-order valence-corrected chi connectivity index (χ4v) is 5.38. The lowest BCUT2D eigenvalue weighted by Crippen LogP contribution is -2.47. The van der Waals surface area contributed by atoms with E-state index in [2.05, 4.69) is 22.9 Å². The molecule has 0 bridgehead atoms. The summed E-state index contributed by atoms with van der Waals surface area (Å²) < 4.78 is 7.56. The normalized spacial score (nSPS) is 18.5. The van der Waals surface area contributed by atoms with Crippen molar-refractivity contribution in [2.45, 2.75) is 33.7 Å². The van der Waals surface area contributed by atoms with Gasteiger partial charge in [0.05, 0.1) is 4.91 Å². The molecule has 0 saturated carbocycles. The van der Waals surface area contributed by atoms with Gasteiger partial charge in [0, 0.05) is 58.0 Å². The lowest BCUT2D eigenvalue weighted by atomic mass is 10.0. The number of carbonyl (C=O) groups excluding carboxylic acids is 1. The molecule has 2 aliphatic rings. The molecule has 0 spiro atoms. The van der Waals surface area contributed by atoms with Gasteiger partial charge in [0.2, 0.25) is 0 Å². The van der Waals surface area contributed by atoms with Crippen molar-refractivity contribution < 1.29 is 9.53 Å². The highest BCUT2D eigenvalue weighted by Crippen LogP contribution is 2.36. The van der Waals surface area contributed by atoms with Crippen LogP contribution in [0.4, 0.5) is 5.82 Å². The van der Waals surface area contributed by atoms with Gasteiger partial charge in [0.1, 0.15) is 21.8 Å². The number of aromatic nitrogens is 1. The number of ether oxygens (including phenoxy) is 1. The topological polar surface area (TPSA) is 81.8 Å². The summed E-state index contributed by atoms with van der Waals surface area (Å²) in [5.74, 6) is 0.631. The number of pyridine rings is 1. The van der Waals surface area contributed by atoms with Gasteiger partial charge in [-0.05, 0) is 45.9 Å². The molecule has 2 saturated heterocycles. The third kappa shape index (κ3) is 5.32. The van der Waals surface area contributed by atoms with Crippen molar-refractivity contribution in [3.8, 4) is 6.07 Å². The largest absolute Gasteiger partial charge is 0.382 e. The molecule has 0 N–H and O–H groups in total. The Morgan fingerprint density at radius 2 is 1.91 bits per heavy atom. The molecule has 0 unspecified atom stereocenters. The Hall–Kier alpha value is -2.19. The molecule has 0 atom stereocenters. The third-order valence-corrected chi connectivity index (χ3v) is 7.37. The number of rotatable bonds is 8. The number of hydrogen-bond donors (Lipinski definition) is 0. The quantitative estimate of drug-likeness (QED) is 0.313. The highest BCUT2D eigenvalue weighted by atomic mass is 32.2. The predicted octanol–water partition coefficient (Wildman–Crippen LogP) is 2.43. The second-order valence-corrected chi connectivity index (χ2v) is 9.75. The number of amides is 1. The second-order valence-electron chi connectivity index (χ2n) is 8.07. The summed E-state index contributed by atoms with van der Waals surface area (Å²) in [7, 11) is 2.08. The number of nitriles is 1. The Bertz CT molecular complexity index is 1050. The van der Waals surface area contributed by atoms with Crippen LogP contribution in [0.1, 0.15) is 37.0 Å². The summed E-state index contributed by atoms with van der Waals surface area (Å²) in [6, 6.07) is 2.08. The van der Waals surface area contributed by atoms with Gasteiger partial charge in [0.15, 0.2) is 0 Å². The van der Waals surface area contributed by atoms with E-state index >= 15 is 0 Å². The Morgan fingerprint density at radius 1 is 1.21 bits per heavy atom.